The van der Waals surface area contributed by atoms with Crippen molar-refractivity contribution in [1.82, 2.24) is 0 Å². The highest BCUT2D eigenvalue weighted by atomic mass is 19.4. The van der Waals surface area contributed by atoms with Crippen LogP contribution in [-0.4, -0.2) is 12.4 Å². The summed E-state index contributed by atoms with van der Waals surface area (Å²) >= 11 is 0. The van der Waals surface area contributed by atoms with Crippen LogP contribution in [0.25, 0.3) is 0 Å². The zero-order valence-corrected chi connectivity index (χ0v) is 15.5. The first-order valence-electron chi connectivity index (χ1n) is 8.55. The molecule has 0 radical (unpaired) electrons. The van der Waals surface area contributed by atoms with Gasteiger partial charge >= 0.3 is 12.4 Å². The van der Waals surface area contributed by atoms with Crippen LogP contribution in [0.4, 0.5) is 43.4 Å². The first-order chi connectivity index (χ1) is 13.9. The second-order valence-electron chi connectivity index (χ2n) is 6.40. The summed E-state index contributed by atoms with van der Waals surface area (Å²) in [5.74, 6) is 0. The lowest BCUT2D eigenvalue weighted by Gasteiger charge is -2.38. The molecule has 0 fully saturated rings. The van der Waals surface area contributed by atoms with Crippen molar-refractivity contribution in [3.63, 3.8) is 0 Å². The van der Waals surface area contributed by atoms with Crippen molar-refractivity contribution in [2.24, 2.45) is 0 Å². The Morgan fingerprint density at radius 3 is 0.967 bits per heavy atom. The molecule has 0 aliphatic carbocycles. The third-order valence-electron chi connectivity index (χ3n) is 4.34. The van der Waals surface area contributed by atoms with Crippen LogP contribution in [0.15, 0.2) is 78.9 Å². The number of para-hydroxylation sites is 1. The van der Waals surface area contributed by atoms with Gasteiger partial charge in [-0.3, -0.25) is 0 Å². The molecule has 0 atom stereocenters. The Labute approximate surface area is 169 Å². The number of anilines is 3. The number of hydrogen-bond donors (Lipinski definition) is 3. The molecule has 0 aliphatic rings. The summed E-state index contributed by atoms with van der Waals surface area (Å²) in [5, 5.41) is 0. The van der Waals surface area contributed by atoms with Crippen LogP contribution in [0, 0.1) is 0 Å². The number of halogens is 6. The zero-order chi connectivity index (χ0) is 22.6. The van der Waals surface area contributed by atoms with E-state index in [1.807, 2.05) is 30.3 Å². The quantitative estimate of drug-likeness (QED) is 0.372. The average Bonchev–Trinajstić information content (AvgIpc) is 2.64. The normalized spacial score (nSPS) is 12.1. The Morgan fingerprint density at radius 2 is 0.733 bits per heavy atom. The molecule has 0 unspecified atom stereocenters. The van der Waals surface area contributed by atoms with Gasteiger partial charge in [0, 0.05) is 17.1 Å². The Balaban J connectivity index is 0.000000386. The van der Waals surface area contributed by atoms with Crippen LogP contribution in [-0.2, 0) is 5.41 Å². The highest BCUT2D eigenvalue weighted by Crippen LogP contribution is 2.56. The fourth-order valence-electron chi connectivity index (χ4n) is 2.90. The maximum absolute atomic E-state index is 13.7. The molecule has 6 N–H and O–H groups in total. The van der Waals surface area contributed by atoms with Crippen molar-refractivity contribution in [2.75, 3.05) is 17.2 Å². The first-order valence-corrected chi connectivity index (χ1v) is 8.55. The van der Waals surface area contributed by atoms with Crippen LogP contribution in [0.3, 0.4) is 0 Å². The average molecular weight is 427 g/mol. The van der Waals surface area contributed by atoms with Crippen molar-refractivity contribution >= 4 is 17.1 Å². The van der Waals surface area contributed by atoms with E-state index in [9.17, 15) is 26.3 Å². The second kappa shape index (κ2) is 8.56. The number of rotatable bonds is 2. The fourth-order valence-corrected chi connectivity index (χ4v) is 2.90. The van der Waals surface area contributed by atoms with Gasteiger partial charge in [0.1, 0.15) is 0 Å². The standard InChI is InChI=1S/C15H12F6N2.C6H7N/c16-14(17,18)13(15(19,20)21,9-1-5-11(22)6-2-9)10-3-7-12(23)8-4-10;7-6-4-2-1-3-5-6/h1-8H,22-23H2;1-5H,7H2. The number of alkyl halides is 6. The summed E-state index contributed by atoms with van der Waals surface area (Å²) in [6.07, 6.45) is -11.2. The van der Waals surface area contributed by atoms with Gasteiger partial charge in [-0.2, -0.15) is 26.3 Å². The minimum atomic E-state index is -5.61. The second-order valence-corrected chi connectivity index (χ2v) is 6.40. The molecule has 0 amide bonds. The smallest absolute Gasteiger partial charge is 0.399 e. The Bertz CT molecular complexity index is 872. The molecule has 0 aliphatic heterocycles. The van der Waals surface area contributed by atoms with Crippen molar-refractivity contribution in [3.05, 3.63) is 90.0 Å². The van der Waals surface area contributed by atoms with Crippen molar-refractivity contribution < 1.29 is 26.3 Å². The topological polar surface area (TPSA) is 78.1 Å². The molecule has 3 rings (SSSR count). The molecule has 30 heavy (non-hydrogen) atoms. The third-order valence-corrected chi connectivity index (χ3v) is 4.34. The maximum atomic E-state index is 13.7. The molecule has 9 heteroatoms. The van der Waals surface area contributed by atoms with Gasteiger partial charge in [-0.1, -0.05) is 42.5 Å². The third kappa shape index (κ3) is 4.61. The summed E-state index contributed by atoms with van der Waals surface area (Å²) in [6.45, 7) is 0. The lowest BCUT2D eigenvalue weighted by Crippen LogP contribution is -2.54. The van der Waals surface area contributed by atoms with Gasteiger partial charge in [-0.25, -0.2) is 0 Å². The van der Waals surface area contributed by atoms with E-state index in [-0.39, 0.29) is 11.4 Å². The summed E-state index contributed by atoms with van der Waals surface area (Å²) in [5.41, 5.74) is 10.9. The van der Waals surface area contributed by atoms with E-state index >= 15 is 0 Å². The molecule has 3 nitrogen and oxygen atoms in total. The number of hydrogen-bond acceptors (Lipinski definition) is 3. The molecule has 0 spiro atoms. The molecule has 3 aromatic rings. The maximum Gasteiger partial charge on any atom is 0.411 e. The highest BCUT2D eigenvalue weighted by Gasteiger charge is 2.72. The van der Waals surface area contributed by atoms with Crippen LogP contribution < -0.4 is 17.2 Å². The number of nitrogen functional groups attached to an aromatic ring is 3. The lowest BCUT2D eigenvalue weighted by atomic mass is 9.73. The van der Waals surface area contributed by atoms with E-state index in [0.29, 0.717) is 0 Å². The van der Waals surface area contributed by atoms with Gasteiger partial charge in [0.05, 0.1) is 0 Å². The van der Waals surface area contributed by atoms with Gasteiger partial charge in [0.15, 0.2) is 0 Å². The van der Waals surface area contributed by atoms with Crippen LogP contribution in [0.2, 0.25) is 0 Å². The Morgan fingerprint density at radius 1 is 0.433 bits per heavy atom. The molecule has 160 valence electrons. The Hall–Kier alpha value is -3.36. The summed E-state index contributed by atoms with van der Waals surface area (Å²) in [6, 6.07) is 16.4. The summed E-state index contributed by atoms with van der Waals surface area (Å²) < 4.78 is 82.0. The van der Waals surface area contributed by atoms with Crippen LogP contribution in [0.1, 0.15) is 11.1 Å². The SMILES string of the molecule is Nc1ccc(C(c2ccc(N)cc2)(C(F)(F)F)C(F)(F)F)cc1.Nc1ccccc1. The lowest BCUT2D eigenvalue weighted by molar-refractivity contribution is -0.288. The minimum absolute atomic E-state index is 0.0595. The van der Waals surface area contributed by atoms with Crippen molar-refractivity contribution in [3.8, 4) is 0 Å². The largest absolute Gasteiger partial charge is 0.411 e. The van der Waals surface area contributed by atoms with E-state index in [0.717, 1.165) is 54.2 Å². The van der Waals surface area contributed by atoms with Gasteiger partial charge in [0.2, 0.25) is 5.41 Å². The molecule has 0 aromatic heterocycles. The molecular weight excluding hydrogens is 408 g/mol. The van der Waals surface area contributed by atoms with E-state index in [2.05, 4.69) is 0 Å². The molecule has 3 aromatic carbocycles. The van der Waals surface area contributed by atoms with E-state index in [1.54, 1.807) is 0 Å². The fraction of sp³-hybridized carbons (Fsp3) is 0.143. The van der Waals surface area contributed by atoms with E-state index < -0.39 is 28.9 Å². The van der Waals surface area contributed by atoms with E-state index in [1.165, 1.54) is 0 Å². The molecular formula is C21H19F6N3. The van der Waals surface area contributed by atoms with Gasteiger partial charge < -0.3 is 17.2 Å². The van der Waals surface area contributed by atoms with Crippen LogP contribution in [0.5, 0.6) is 0 Å². The van der Waals surface area contributed by atoms with E-state index in [4.69, 9.17) is 17.2 Å². The monoisotopic (exact) mass is 427 g/mol. The number of benzene rings is 3. The van der Waals surface area contributed by atoms with Crippen LogP contribution >= 0.6 is 0 Å². The van der Waals surface area contributed by atoms with Gasteiger partial charge in [-0.05, 0) is 47.5 Å². The van der Waals surface area contributed by atoms with Gasteiger partial charge in [-0.15, -0.1) is 0 Å². The first kappa shape index (κ1) is 22.9. The molecule has 0 saturated carbocycles. The minimum Gasteiger partial charge on any atom is -0.399 e. The van der Waals surface area contributed by atoms with Gasteiger partial charge in [0.25, 0.3) is 0 Å². The molecule has 0 heterocycles. The summed E-state index contributed by atoms with van der Waals surface area (Å²) in [7, 11) is 0. The summed E-state index contributed by atoms with van der Waals surface area (Å²) in [4.78, 5) is 0. The molecule has 0 saturated heterocycles. The van der Waals surface area contributed by atoms with Crippen molar-refractivity contribution in [2.45, 2.75) is 17.8 Å². The Kier molecular flexibility index (Phi) is 6.54. The number of nitrogens with two attached hydrogens (primary N) is 3. The molecule has 0 bridgehead atoms. The highest BCUT2D eigenvalue weighted by molar-refractivity contribution is 5.51. The predicted molar refractivity (Wildman–Crippen MR) is 105 cm³/mol. The zero-order valence-electron chi connectivity index (χ0n) is 15.5. The predicted octanol–water partition coefficient (Wildman–Crippen LogP) is 5.53. The van der Waals surface area contributed by atoms with Crippen molar-refractivity contribution in [1.29, 1.82) is 0 Å².